The molecule has 1 aromatic heterocycles. The summed E-state index contributed by atoms with van der Waals surface area (Å²) in [4.78, 5) is 8.93. The van der Waals surface area contributed by atoms with Crippen molar-refractivity contribution >= 4 is 5.82 Å². The average molecular weight is 253 g/mol. The minimum absolute atomic E-state index is 0.126. The molecule has 0 fully saturated rings. The molecule has 18 heavy (non-hydrogen) atoms. The van der Waals surface area contributed by atoms with Gasteiger partial charge < -0.3 is 15.2 Å². The van der Waals surface area contributed by atoms with E-state index in [2.05, 4.69) is 29.1 Å². The number of ether oxygens (including phenoxy) is 1. The first-order valence-electron chi connectivity index (χ1n) is 6.46. The topological polar surface area (TPSA) is 67.3 Å². The van der Waals surface area contributed by atoms with Crippen LogP contribution in [0.4, 0.5) is 5.82 Å². The molecule has 0 bridgehead atoms. The van der Waals surface area contributed by atoms with Gasteiger partial charge in [0, 0.05) is 25.5 Å². The van der Waals surface area contributed by atoms with Gasteiger partial charge in [0.15, 0.2) is 0 Å². The van der Waals surface area contributed by atoms with Crippen LogP contribution >= 0.6 is 0 Å². The molecule has 0 radical (unpaired) electrons. The van der Waals surface area contributed by atoms with Gasteiger partial charge in [-0.1, -0.05) is 13.8 Å². The average Bonchev–Trinajstić information content (AvgIpc) is 2.33. The second kappa shape index (κ2) is 7.16. The van der Waals surface area contributed by atoms with E-state index in [0.29, 0.717) is 18.9 Å². The number of aliphatic hydroxyl groups is 1. The van der Waals surface area contributed by atoms with Gasteiger partial charge in [-0.15, -0.1) is 0 Å². The maximum Gasteiger partial charge on any atom is 0.221 e. The van der Waals surface area contributed by atoms with Gasteiger partial charge in [0.25, 0.3) is 0 Å². The number of anilines is 1. The molecule has 0 aliphatic heterocycles. The Kier molecular flexibility index (Phi) is 5.85. The Morgan fingerprint density at radius 3 is 2.61 bits per heavy atom. The van der Waals surface area contributed by atoms with Crippen LogP contribution in [0, 0.1) is 6.92 Å². The van der Waals surface area contributed by atoms with Gasteiger partial charge in [-0.3, -0.25) is 0 Å². The van der Waals surface area contributed by atoms with Gasteiger partial charge in [0.1, 0.15) is 11.6 Å². The molecule has 5 nitrogen and oxygen atoms in total. The third kappa shape index (κ3) is 3.84. The Morgan fingerprint density at radius 1 is 1.33 bits per heavy atom. The van der Waals surface area contributed by atoms with Crippen LogP contribution in [0.15, 0.2) is 0 Å². The zero-order valence-electron chi connectivity index (χ0n) is 11.7. The van der Waals surface area contributed by atoms with Gasteiger partial charge in [0.2, 0.25) is 5.88 Å². The van der Waals surface area contributed by atoms with Gasteiger partial charge in [0.05, 0.1) is 12.2 Å². The number of aliphatic hydroxyl groups excluding tert-OH is 1. The molecule has 0 saturated heterocycles. The van der Waals surface area contributed by atoms with E-state index in [0.717, 1.165) is 23.8 Å². The summed E-state index contributed by atoms with van der Waals surface area (Å²) >= 11 is 0. The fraction of sp³-hybridized carbons (Fsp3) is 0.692. The Hall–Kier alpha value is -1.36. The lowest BCUT2D eigenvalue weighted by atomic mass is 10.2. The van der Waals surface area contributed by atoms with E-state index in [1.807, 2.05) is 13.8 Å². The number of hydrogen-bond donors (Lipinski definition) is 2. The third-order valence-corrected chi connectivity index (χ3v) is 2.52. The molecule has 0 saturated carbocycles. The van der Waals surface area contributed by atoms with Crippen LogP contribution in [-0.2, 0) is 0 Å². The molecule has 0 aliphatic carbocycles. The van der Waals surface area contributed by atoms with E-state index in [1.165, 1.54) is 0 Å². The van der Waals surface area contributed by atoms with Crippen molar-refractivity contribution in [2.75, 3.05) is 25.1 Å². The summed E-state index contributed by atoms with van der Waals surface area (Å²) in [6.07, 6.45) is 0.608. The van der Waals surface area contributed by atoms with Crippen molar-refractivity contribution in [3.8, 4) is 5.88 Å². The smallest absolute Gasteiger partial charge is 0.221 e. The van der Waals surface area contributed by atoms with Gasteiger partial charge in [-0.25, -0.2) is 4.98 Å². The highest BCUT2D eigenvalue weighted by Crippen LogP contribution is 2.24. The second-order valence-corrected chi connectivity index (χ2v) is 4.47. The van der Waals surface area contributed by atoms with Crippen molar-refractivity contribution in [1.82, 2.24) is 9.97 Å². The van der Waals surface area contributed by atoms with Crippen molar-refractivity contribution < 1.29 is 9.84 Å². The predicted molar refractivity (Wildman–Crippen MR) is 72.2 cm³/mol. The molecule has 1 heterocycles. The number of nitrogens with one attached hydrogen (secondary N) is 1. The molecule has 5 heteroatoms. The summed E-state index contributed by atoms with van der Waals surface area (Å²) in [5, 5.41) is 12.0. The molecule has 102 valence electrons. The monoisotopic (exact) mass is 253 g/mol. The molecule has 1 aromatic rings. The van der Waals surface area contributed by atoms with Gasteiger partial charge >= 0.3 is 0 Å². The molecule has 0 unspecified atom stereocenters. The van der Waals surface area contributed by atoms with Crippen molar-refractivity contribution in [3.05, 3.63) is 11.4 Å². The Morgan fingerprint density at radius 2 is 2.06 bits per heavy atom. The van der Waals surface area contributed by atoms with Crippen LogP contribution < -0.4 is 10.1 Å². The fourth-order valence-corrected chi connectivity index (χ4v) is 1.48. The van der Waals surface area contributed by atoms with E-state index < -0.39 is 0 Å². The van der Waals surface area contributed by atoms with Crippen LogP contribution in [0.2, 0.25) is 0 Å². The second-order valence-electron chi connectivity index (χ2n) is 4.47. The minimum Gasteiger partial charge on any atom is -0.477 e. The molecule has 0 aliphatic rings. The molecule has 0 amide bonds. The molecule has 2 N–H and O–H groups in total. The Labute approximate surface area is 109 Å². The van der Waals surface area contributed by atoms with E-state index in [1.54, 1.807) is 0 Å². The number of nitrogens with zero attached hydrogens (tertiary/aromatic N) is 2. The lowest BCUT2D eigenvalue weighted by Crippen LogP contribution is -2.11. The summed E-state index contributed by atoms with van der Waals surface area (Å²) in [5.41, 5.74) is 0.916. The first kappa shape index (κ1) is 14.7. The van der Waals surface area contributed by atoms with Crippen molar-refractivity contribution in [2.45, 2.75) is 40.0 Å². The fourth-order valence-electron chi connectivity index (χ4n) is 1.48. The SMILES string of the molecule is CCNc1nc(C(C)C)nc(OCCCO)c1C. The van der Waals surface area contributed by atoms with E-state index in [9.17, 15) is 0 Å². The maximum atomic E-state index is 8.77. The summed E-state index contributed by atoms with van der Waals surface area (Å²) in [6, 6.07) is 0. The Bertz CT molecular complexity index is 381. The first-order valence-corrected chi connectivity index (χ1v) is 6.46. The lowest BCUT2D eigenvalue weighted by molar-refractivity contribution is 0.228. The molecular formula is C13H23N3O2. The third-order valence-electron chi connectivity index (χ3n) is 2.52. The normalized spacial score (nSPS) is 10.8. The zero-order chi connectivity index (χ0) is 13.5. The summed E-state index contributed by atoms with van der Waals surface area (Å²) in [5.74, 6) is 2.46. The van der Waals surface area contributed by atoms with E-state index in [-0.39, 0.29) is 12.5 Å². The Balaban J connectivity index is 2.98. The van der Waals surface area contributed by atoms with Crippen molar-refractivity contribution in [2.24, 2.45) is 0 Å². The van der Waals surface area contributed by atoms with E-state index in [4.69, 9.17) is 9.84 Å². The molecule has 1 rings (SSSR count). The summed E-state index contributed by atoms with van der Waals surface area (Å²) in [6.45, 7) is 9.49. The summed E-state index contributed by atoms with van der Waals surface area (Å²) in [7, 11) is 0. The van der Waals surface area contributed by atoms with Crippen molar-refractivity contribution in [3.63, 3.8) is 0 Å². The maximum absolute atomic E-state index is 8.77. The molecule has 0 aromatic carbocycles. The highest BCUT2D eigenvalue weighted by molar-refractivity contribution is 5.48. The van der Waals surface area contributed by atoms with Crippen LogP contribution in [0.5, 0.6) is 5.88 Å². The van der Waals surface area contributed by atoms with Crippen LogP contribution in [0.1, 0.15) is 44.5 Å². The molecular weight excluding hydrogens is 230 g/mol. The van der Waals surface area contributed by atoms with Crippen LogP contribution in [0.3, 0.4) is 0 Å². The van der Waals surface area contributed by atoms with Crippen LogP contribution in [-0.4, -0.2) is 34.8 Å². The minimum atomic E-state index is 0.126. The van der Waals surface area contributed by atoms with Gasteiger partial charge in [-0.05, 0) is 13.8 Å². The highest BCUT2D eigenvalue weighted by Gasteiger charge is 2.13. The molecule has 0 spiro atoms. The highest BCUT2D eigenvalue weighted by atomic mass is 16.5. The largest absolute Gasteiger partial charge is 0.477 e. The lowest BCUT2D eigenvalue weighted by Gasteiger charge is -2.15. The van der Waals surface area contributed by atoms with Gasteiger partial charge in [-0.2, -0.15) is 4.98 Å². The first-order chi connectivity index (χ1) is 8.60. The predicted octanol–water partition coefficient (Wildman–Crippen LogP) is 2.10. The van der Waals surface area contributed by atoms with Crippen molar-refractivity contribution in [1.29, 1.82) is 0 Å². The van der Waals surface area contributed by atoms with E-state index >= 15 is 0 Å². The molecule has 0 atom stereocenters. The summed E-state index contributed by atoms with van der Waals surface area (Å²) < 4.78 is 5.60. The quantitative estimate of drug-likeness (QED) is 0.728. The standard InChI is InChI=1S/C13H23N3O2/c1-5-14-12-10(4)13(18-8-6-7-17)16-11(15-12)9(2)3/h9,17H,5-8H2,1-4H3,(H,14,15,16). The number of rotatable bonds is 7. The van der Waals surface area contributed by atoms with Crippen LogP contribution in [0.25, 0.3) is 0 Å². The number of aromatic nitrogens is 2. The number of hydrogen-bond acceptors (Lipinski definition) is 5. The zero-order valence-corrected chi connectivity index (χ0v) is 11.7.